The Morgan fingerprint density at radius 2 is 2.12 bits per heavy atom. The van der Waals surface area contributed by atoms with E-state index in [0.717, 1.165) is 12.8 Å². The number of carboxylic acids is 1. The van der Waals surface area contributed by atoms with Crippen LogP contribution in [-0.2, 0) is 4.79 Å². The summed E-state index contributed by atoms with van der Waals surface area (Å²) in [4.78, 5) is 25.7. The molecule has 1 saturated carbocycles. The standard InChI is InChI=1S/C11H18N2O3/c1-3-7-12(4-2)11(16)13(8-10(14)15)9-5-6-9/h3,9H,1,4-8H2,2H3,(H,14,15). The lowest BCUT2D eigenvalue weighted by atomic mass is 10.4. The zero-order valence-corrected chi connectivity index (χ0v) is 9.56. The van der Waals surface area contributed by atoms with Crippen molar-refractivity contribution in [3.8, 4) is 0 Å². The maximum atomic E-state index is 12.0. The van der Waals surface area contributed by atoms with Crippen molar-refractivity contribution in [1.82, 2.24) is 9.80 Å². The van der Waals surface area contributed by atoms with Crippen LogP contribution in [0.4, 0.5) is 4.79 Å². The molecule has 1 aliphatic carbocycles. The zero-order valence-electron chi connectivity index (χ0n) is 9.56. The van der Waals surface area contributed by atoms with Crippen LogP contribution >= 0.6 is 0 Å². The third-order valence-corrected chi connectivity index (χ3v) is 2.54. The number of urea groups is 1. The molecule has 0 saturated heterocycles. The number of carboxylic acid groups (broad SMARTS) is 1. The van der Waals surface area contributed by atoms with E-state index in [2.05, 4.69) is 6.58 Å². The molecule has 90 valence electrons. The fourth-order valence-corrected chi connectivity index (χ4v) is 1.56. The van der Waals surface area contributed by atoms with Gasteiger partial charge < -0.3 is 14.9 Å². The molecule has 0 aromatic heterocycles. The molecule has 1 fully saturated rings. The maximum Gasteiger partial charge on any atom is 0.323 e. The molecule has 5 nitrogen and oxygen atoms in total. The molecule has 0 aromatic rings. The van der Waals surface area contributed by atoms with Gasteiger partial charge in [-0.2, -0.15) is 0 Å². The lowest BCUT2D eigenvalue weighted by Crippen LogP contribution is -2.46. The first-order chi connectivity index (χ1) is 7.60. The van der Waals surface area contributed by atoms with E-state index in [-0.39, 0.29) is 18.6 Å². The highest BCUT2D eigenvalue weighted by Crippen LogP contribution is 2.27. The van der Waals surface area contributed by atoms with Gasteiger partial charge in [0.1, 0.15) is 6.54 Å². The number of nitrogens with zero attached hydrogens (tertiary/aromatic N) is 2. The van der Waals surface area contributed by atoms with Crippen molar-refractivity contribution in [2.24, 2.45) is 0 Å². The molecule has 0 atom stereocenters. The van der Waals surface area contributed by atoms with Crippen LogP contribution in [0, 0.1) is 0 Å². The smallest absolute Gasteiger partial charge is 0.323 e. The van der Waals surface area contributed by atoms with E-state index >= 15 is 0 Å². The van der Waals surface area contributed by atoms with Crippen LogP contribution in [0.3, 0.4) is 0 Å². The molecular formula is C11H18N2O3. The second-order valence-electron chi connectivity index (χ2n) is 3.86. The average molecular weight is 226 g/mol. The number of hydrogen-bond acceptors (Lipinski definition) is 2. The summed E-state index contributed by atoms with van der Waals surface area (Å²) in [5.41, 5.74) is 0. The van der Waals surface area contributed by atoms with Gasteiger partial charge in [0.05, 0.1) is 0 Å². The number of likely N-dealkylation sites (N-methyl/N-ethyl adjacent to an activating group) is 1. The largest absolute Gasteiger partial charge is 0.480 e. The van der Waals surface area contributed by atoms with Crippen LogP contribution in [0.25, 0.3) is 0 Å². The highest BCUT2D eigenvalue weighted by atomic mass is 16.4. The quantitative estimate of drug-likeness (QED) is 0.691. The van der Waals surface area contributed by atoms with Crippen molar-refractivity contribution in [2.45, 2.75) is 25.8 Å². The topological polar surface area (TPSA) is 60.9 Å². The summed E-state index contributed by atoms with van der Waals surface area (Å²) < 4.78 is 0. The van der Waals surface area contributed by atoms with E-state index < -0.39 is 5.97 Å². The van der Waals surface area contributed by atoms with Crippen LogP contribution in [0.15, 0.2) is 12.7 Å². The lowest BCUT2D eigenvalue weighted by molar-refractivity contribution is -0.137. The molecule has 1 aliphatic rings. The van der Waals surface area contributed by atoms with Gasteiger partial charge >= 0.3 is 12.0 Å². The summed E-state index contributed by atoms with van der Waals surface area (Å²) in [6.45, 7) is 6.26. The Balaban J connectivity index is 2.64. The zero-order chi connectivity index (χ0) is 12.1. The first-order valence-electron chi connectivity index (χ1n) is 5.48. The molecular weight excluding hydrogens is 208 g/mol. The molecule has 0 bridgehead atoms. The minimum absolute atomic E-state index is 0.113. The maximum absolute atomic E-state index is 12.0. The minimum atomic E-state index is -0.963. The first-order valence-corrected chi connectivity index (χ1v) is 5.48. The van der Waals surface area contributed by atoms with Crippen molar-refractivity contribution >= 4 is 12.0 Å². The number of carbonyl (C=O) groups is 2. The third-order valence-electron chi connectivity index (χ3n) is 2.54. The van der Waals surface area contributed by atoms with E-state index in [4.69, 9.17) is 5.11 Å². The van der Waals surface area contributed by atoms with E-state index in [1.54, 1.807) is 11.0 Å². The Hall–Kier alpha value is -1.52. The molecule has 16 heavy (non-hydrogen) atoms. The Kier molecular flexibility index (Phi) is 4.34. The van der Waals surface area contributed by atoms with Crippen molar-refractivity contribution in [2.75, 3.05) is 19.6 Å². The fourth-order valence-electron chi connectivity index (χ4n) is 1.56. The SMILES string of the molecule is C=CCN(CC)C(=O)N(CC(=O)O)C1CC1. The number of aliphatic carboxylic acids is 1. The van der Waals surface area contributed by atoms with Crippen LogP contribution in [0.1, 0.15) is 19.8 Å². The van der Waals surface area contributed by atoms with Gasteiger partial charge in [0, 0.05) is 19.1 Å². The van der Waals surface area contributed by atoms with Crippen molar-refractivity contribution in [3.05, 3.63) is 12.7 Å². The van der Waals surface area contributed by atoms with Gasteiger partial charge in [-0.15, -0.1) is 6.58 Å². The fraction of sp³-hybridized carbons (Fsp3) is 0.636. The summed E-state index contributed by atoms with van der Waals surface area (Å²) in [5, 5.41) is 8.76. The molecule has 1 rings (SSSR count). The van der Waals surface area contributed by atoms with Gasteiger partial charge in [-0.25, -0.2) is 4.79 Å². The van der Waals surface area contributed by atoms with E-state index in [1.807, 2.05) is 6.92 Å². The second kappa shape index (κ2) is 5.53. The van der Waals surface area contributed by atoms with Gasteiger partial charge in [0.2, 0.25) is 0 Å². The van der Waals surface area contributed by atoms with Crippen LogP contribution < -0.4 is 0 Å². The second-order valence-corrected chi connectivity index (χ2v) is 3.86. The number of rotatable bonds is 6. The van der Waals surface area contributed by atoms with E-state index in [1.165, 1.54) is 4.90 Å². The van der Waals surface area contributed by atoms with Crippen LogP contribution in [0.2, 0.25) is 0 Å². The van der Waals surface area contributed by atoms with Gasteiger partial charge in [-0.1, -0.05) is 6.08 Å². The molecule has 5 heteroatoms. The summed E-state index contributed by atoms with van der Waals surface area (Å²) in [5.74, 6) is -0.963. The van der Waals surface area contributed by atoms with Crippen molar-refractivity contribution in [1.29, 1.82) is 0 Å². The summed E-state index contributed by atoms with van der Waals surface area (Å²) in [7, 11) is 0. The molecule has 0 unspecified atom stereocenters. The first kappa shape index (κ1) is 12.5. The van der Waals surface area contributed by atoms with Gasteiger partial charge in [0.15, 0.2) is 0 Å². The number of carbonyl (C=O) groups excluding carboxylic acids is 1. The Morgan fingerprint density at radius 3 is 2.50 bits per heavy atom. The van der Waals surface area contributed by atoms with Crippen molar-refractivity contribution < 1.29 is 14.7 Å². The molecule has 1 N–H and O–H groups in total. The number of amides is 2. The van der Waals surface area contributed by atoms with Gasteiger partial charge in [0.25, 0.3) is 0 Å². The van der Waals surface area contributed by atoms with Crippen LogP contribution in [-0.4, -0.2) is 52.6 Å². The lowest BCUT2D eigenvalue weighted by Gasteiger charge is -2.28. The molecule has 2 amide bonds. The molecule has 0 aliphatic heterocycles. The summed E-state index contributed by atoms with van der Waals surface area (Å²) >= 11 is 0. The Morgan fingerprint density at radius 1 is 1.50 bits per heavy atom. The van der Waals surface area contributed by atoms with Gasteiger partial charge in [-0.3, -0.25) is 4.79 Å². The normalized spacial score (nSPS) is 14.3. The molecule has 0 heterocycles. The highest BCUT2D eigenvalue weighted by Gasteiger charge is 2.35. The third kappa shape index (κ3) is 3.25. The van der Waals surface area contributed by atoms with E-state index in [9.17, 15) is 9.59 Å². The molecule has 0 aromatic carbocycles. The average Bonchev–Trinajstić information content (AvgIpc) is 3.05. The monoisotopic (exact) mass is 226 g/mol. The predicted molar refractivity (Wildman–Crippen MR) is 60.2 cm³/mol. The molecule has 0 radical (unpaired) electrons. The summed E-state index contributed by atoms with van der Waals surface area (Å²) in [6, 6.07) is -0.0882. The van der Waals surface area contributed by atoms with Gasteiger partial charge in [-0.05, 0) is 19.8 Å². The van der Waals surface area contributed by atoms with Crippen LogP contribution in [0.5, 0.6) is 0 Å². The van der Waals surface area contributed by atoms with Crippen molar-refractivity contribution in [3.63, 3.8) is 0 Å². The number of hydrogen-bond donors (Lipinski definition) is 1. The highest BCUT2D eigenvalue weighted by molar-refractivity contribution is 5.80. The summed E-state index contributed by atoms with van der Waals surface area (Å²) in [6.07, 6.45) is 3.46. The Bertz CT molecular complexity index is 287. The molecule has 0 spiro atoms. The minimum Gasteiger partial charge on any atom is -0.480 e. The Labute approximate surface area is 95.3 Å². The predicted octanol–water partition coefficient (Wildman–Crippen LogP) is 1.16. The van der Waals surface area contributed by atoms with E-state index in [0.29, 0.717) is 13.1 Å².